The van der Waals surface area contributed by atoms with Crippen LogP contribution >= 0.6 is 0 Å². The molecule has 0 aliphatic carbocycles. The Morgan fingerprint density at radius 2 is 1.62 bits per heavy atom. The first-order chi connectivity index (χ1) is 10.2. The van der Waals surface area contributed by atoms with Crippen LogP contribution in [0.2, 0.25) is 0 Å². The fourth-order valence-corrected chi connectivity index (χ4v) is 2.97. The van der Waals surface area contributed by atoms with E-state index in [1.165, 1.54) is 22.2 Å². The van der Waals surface area contributed by atoms with Crippen LogP contribution in [-0.2, 0) is 6.54 Å². The van der Waals surface area contributed by atoms with E-state index < -0.39 is 0 Å². The quantitative estimate of drug-likeness (QED) is 0.543. The molecular weight excluding hydrogens is 258 g/mol. The van der Waals surface area contributed by atoms with Crippen LogP contribution in [0.3, 0.4) is 0 Å². The van der Waals surface area contributed by atoms with E-state index in [-0.39, 0.29) is 0 Å². The molecule has 0 bridgehead atoms. The molecule has 0 saturated heterocycles. The van der Waals surface area contributed by atoms with E-state index in [1.807, 2.05) is 6.92 Å². The topological polar surface area (TPSA) is 22.2 Å². The largest absolute Gasteiger partial charge is 0.305 e. The van der Waals surface area contributed by atoms with Gasteiger partial charge >= 0.3 is 0 Å². The number of rotatable bonds is 2. The second kappa shape index (κ2) is 4.48. The first kappa shape index (κ1) is 12.2. The molecule has 0 aliphatic heterocycles. The lowest BCUT2D eigenvalue weighted by molar-refractivity contribution is 0.838. The molecular formula is C18H17N3. The SMILES string of the molecule is Cc1cn2c3ccccc3n(Cc3ccccc3C)c2n1. The Bertz CT molecular complexity index is 944. The number of fused-ring (bicyclic) bond motifs is 3. The Hall–Kier alpha value is -2.55. The summed E-state index contributed by atoms with van der Waals surface area (Å²) in [6.45, 7) is 5.05. The zero-order valence-electron chi connectivity index (χ0n) is 12.2. The molecule has 3 heteroatoms. The fraction of sp³-hybridized carbons (Fsp3) is 0.167. The maximum absolute atomic E-state index is 4.70. The van der Waals surface area contributed by atoms with Crippen molar-refractivity contribution in [2.45, 2.75) is 20.4 Å². The third-order valence-electron chi connectivity index (χ3n) is 4.07. The highest BCUT2D eigenvalue weighted by Gasteiger charge is 2.13. The van der Waals surface area contributed by atoms with Gasteiger partial charge in [0.15, 0.2) is 0 Å². The molecule has 2 heterocycles. The molecule has 0 saturated carbocycles. The molecule has 4 rings (SSSR count). The number of imidazole rings is 2. The maximum Gasteiger partial charge on any atom is 0.215 e. The molecule has 2 aromatic carbocycles. The Balaban J connectivity index is 1.99. The molecule has 0 atom stereocenters. The zero-order chi connectivity index (χ0) is 14.4. The first-order valence-corrected chi connectivity index (χ1v) is 7.21. The minimum atomic E-state index is 0.847. The highest BCUT2D eigenvalue weighted by atomic mass is 15.2. The molecule has 0 unspecified atom stereocenters. The van der Waals surface area contributed by atoms with Crippen LogP contribution in [-0.4, -0.2) is 14.0 Å². The predicted molar refractivity (Wildman–Crippen MR) is 85.7 cm³/mol. The molecule has 0 fully saturated rings. The van der Waals surface area contributed by atoms with Gasteiger partial charge in [-0.25, -0.2) is 4.98 Å². The number of nitrogens with zero attached hydrogens (tertiary/aromatic N) is 3. The Labute approximate surface area is 123 Å². The lowest BCUT2D eigenvalue weighted by Crippen LogP contribution is -2.02. The van der Waals surface area contributed by atoms with Gasteiger partial charge in [-0.1, -0.05) is 36.4 Å². The number of aryl methyl sites for hydroxylation is 2. The van der Waals surface area contributed by atoms with Gasteiger partial charge in [-0.2, -0.15) is 0 Å². The van der Waals surface area contributed by atoms with Gasteiger partial charge in [0, 0.05) is 6.20 Å². The highest BCUT2D eigenvalue weighted by Crippen LogP contribution is 2.23. The van der Waals surface area contributed by atoms with E-state index in [1.54, 1.807) is 0 Å². The molecule has 0 radical (unpaired) electrons. The number of benzene rings is 2. The summed E-state index contributed by atoms with van der Waals surface area (Å²) >= 11 is 0. The number of aromatic nitrogens is 3. The summed E-state index contributed by atoms with van der Waals surface area (Å²) in [5.41, 5.74) is 6.14. The minimum Gasteiger partial charge on any atom is -0.305 e. The molecule has 2 aromatic heterocycles. The normalized spacial score (nSPS) is 11.5. The number of para-hydroxylation sites is 2. The van der Waals surface area contributed by atoms with Gasteiger partial charge < -0.3 is 4.57 Å². The maximum atomic E-state index is 4.70. The summed E-state index contributed by atoms with van der Waals surface area (Å²) < 4.78 is 4.48. The summed E-state index contributed by atoms with van der Waals surface area (Å²) in [4.78, 5) is 4.70. The summed E-state index contributed by atoms with van der Waals surface area (Å²) in [5.74, 6) is 1.01. The second-order valence-corrected chi connectivity index (χ2v) is 5.55. The van der Waals surface area contributed by atoms with Crippen molar-refractivity contribution >= 4 is 16.8 Å². The van der Waals surface area contributed by atoms with Gasteiger partial charge in [-0.05, 0) is 37.1 Å². The van der Waals surface area contributed by atoms with E-state index in [4.69, 9.17) is 4.98 Å². The standard InChI is InChI=1S/C18H17N3/c1-13-7-3-4-8-15(13)12-21-17-10-6-5-9-16(17)20-11-14(2)19-18(20)21/h3-11H,12H2,1-2H3. The summed E-state index contributed by atoms with van der Waals surface area (Å²) in [6.07, 6.45) is 2.10. The number of hydrogen-bond donors (Lipinski definition) is 0. The smallest absolute Gasteiger partial charge is 0.215 e. The van der Waals surface area contributed by atoms with Crippen molar-refractivity contribution in [1.82, 2.24) is 14.0 Å². The molecule has 0 N–H and O–H groups in total. The van der Waals surface area contributed by atoms with Gasteiger partial charge in [0.2, 0.25) is 5.78 Å². The molecule has 104 valence electrons. The predicted octanol–water partition coefficient (Wildman–Crippen LogP) is 3.95. The Morgan fingerprint density at radius 1 is 0.905 bits per heavy atom. The van der Waals surface area contributed by atoms with Crippen LogP contribution in [0.5, 0.6) is 0 Å². The molecule has 21 heavy (non-hydrogen) atoms. The van der Waals surface area contributed by atoms with Crippen molar-refractivity contribution in [3.8, 4) is 0 Å². The van der Waals surface area contributed by atoms with Gasteiger partial charge in [0.25, 0.3) is 0 Å². The van der Waals surface area contributed by atoms with Gasteiger partial charge in [-0.3, -0.25) is 4.40 Å². The summed E-state index contributed by atoms with van der Waals surface area (Å²) in [6, 6.07) is 17.0. The average Bonchev–Trinajstić information content (AvgIpc) is 2.99. The van der Waals surface area contributed by atoms with Crippen molar-refractivity contribution in [1.29, 1.82) is 0 Å². The van der Waals surface area contributed by atoms with Crippen LogP contribution in [0.25, 0.3) is 16.8 Å². The van der Waals surface area contributed by atoms with Gasteiger partial charge in [-0.15, -0.1) is 0 Å². The van der Waals surface area contributed by atoms with Crippen molar-refractivity contribution in [2.24, 2.45) is 0 Å². The summed E-state index contributed by atoms with van der Waals surface area (Å²) in [5, 5.41) is 0. The van der Waals surface area contributed by atoms with Crippen LogP contribution in [0.4, 0.5) is 0 Å². The lowest BCUT2D eigenvalue weighted by Gasteiger charge is -2.08. The van der Waals surface area contributed by atoms with Crippen LogP contribution in [0.1, 0.15) is 16.8 Å². The minimum absolute atomic E-state index is 0.847. The fourth-order valence-electron chi connectivity index (χ4n) is 2.97. The molecule has 0 amide bonds. The zero-order valence-corrected chi connectivity index (χ0v) is 12.2. The number of hydrogen-bond acceptors (Lipinski definition) is 1. The van der Waals surface area contributed by atoms with Crippen molar-refractivity contribution < 1.29 is 0 Å². The summed E-state index contributed by atoms with van der Waals surface area (Å²) in [7, 11) is 0. The van der Waals surface area contributed by atoms with E-state index in [2.05, 4.69) is 70.6 Å². The average molecular weight is 275 g/mol. The molecule has 0 spiro atoms. The van der Waals surface area contributed by atoms with Gasteiger partial charge in [0.1, 0.15) is 0 Å². The van der Waals surface area contributed by atoms with Crippen LogP contribution in [0.15, 0.2) is 54.7 Å². The lowest BCUT2D eigenvalue weighted by atomic mass is 10.1. The molecule has 4 aromatic rings. The van der Waals surface area contributed by atoms with Crippen molar-refractivity contribution in [3.05, 3.63) is 71.5 Å². The Kier molecular flexibility index (Phi) is 2.61. The van der Waals surface area contributed by atoms with Crippen LogP contribution in [0, 0.1) is 13.8 Å². The molecule has 0 aliphatic rings. The Morgan fingerprint density at radius 3 is 2.43 bits per heavy atom. The van der Waals surface area contributed by atoms with E-state index >= 15 is 0 Å². The van der Waals surface area contributed by atoms with E-state index in [9.17, 15) is 0 Å². The van der Waals surface area contributed by atoms with Crippen molar-refractivity contribution in [3.63, 3.8) is 0 Å². The van der Waals surface area contributed by atoms with Gasteiger partial charge in [0.05, 0.1) is 23.3 Å². The third-order valence-corrected chi connectivity index (χ3v) is 4.07. The highest BCUT2D eigenvalue weighted by molar-refractivity contribution is 5.81. The second-order valence-electron chi connectivity index (χ2n) is 5.55. The van der Waals surface area contributed by atoms with Crippen molar-refractivity contribution in [2.75, 3.05) is 0 Å². The van der Waals surface area contributed by atoms with E-state index in [0.29, 0.717) is 0 Å². The van der Waals surface area contributed by atoms with E-state index in [0.717, 1.165) is 18.0 Å². The van der Waals surface area contributed by atoms with Crippen LogP contribution < -0.4 is 0 Å². The molecule has 3 nitrogen and oxygen atoms in total. The first-order valence-electron chi connectivity index (χ1n) is 7.21. The third kappa shape index (κ3) is 1.85. The monoisotopic (exact) mass is 275 g/mol.